The second kappa shape index (κ2) is 6.16. The molecule has 2 N–H and O–H groups in total. The van der Waals surface area contributed by atoms with Gasteiger partial charge in [0.2, 0.25) is 0 Å². The molecule has 0 saturated carbocycles. The third-order valence-corrected chi connectivity index (χ3v) is 2.86. The maximum atomic E-state index is 11.6. The highest BCUT2D eigenvalue weighted by Gasteiger charge is 2.11. The summed E-state index contributed by atoms with van der Waals surface area (Å²) >= 11 is 6.09. The maximum Gasteiger partial charge on any atom is 0.270 e. The van der Waals surface area contributed by atoms with Gasteiger partial charge in [-0.05, 0) is 12.3 Å². The van der Waals surface area contributed by atoms with Crippen LogP contribution in [0.5, 0.6) is 0 Å². The van der Waals surface area contributed by atoms with Crippen molar-refractivity contribution in [3.05, 3.63) is 39.9 Å². The van der Waals surface area contributed by atoms with Crippen molar-refractivity contribution in [2.75, 3.05) is 6.26 Å². The van der Waals surface area contributed by atoms with Crippen LogP contribution >= 0.6 is 24.0 Å². The Labute approximate surface area is 107 Å². The number of hydrogen-bond donors (Lipinski definition) is 2. The van der Waals surface area contributed by atoms with Gasteiger partial charge in [0, 0.05) is 17.7 Å². The summed E-state index contributed by atoms with van der Waals surface area (Å²) in [5.74, 6) is -0.481. The van der Waals surface area contributed by atoms with Crippen molar-refractivity contribution in [3.8, 4) is 0 Å². The zero-order chi connectivity index (χ0) is 12.8. The molecule has 6 nitrogen and oxygen atoms in total. The van der Waals surface area contributed by atoms with Gasteiger partial charge in [0.1, 0.15) is 0 Å². The van der Waals surface area contributed by atoms with Crippen molar-refractivity contribution in [1.29, 1.82) is 0 Å². The normalized spacial score (nSPS) is 9.47. The van der Waals surface area contributed by atoms with Crippen molar-refractivity contribution in [3.63, 3.8) is 0 Å². The first-order valence-electron chi connectivity index (χ1n) is 4.43. The molecule has 0 fully saturated rings. The lowest BCUT2D eigenvalue weighted by Crippen LogP contribution is -2.39. The lowest BCUT2D eigenvalue weighted by atomic mass is 10.2. The van der Waals surface area contributed by atoms with Gasteiger partial charge in [-0.1, -0.05) is 30.0 Å². The molecule has 0 spiro atoms. The smallest absolute Gasteiger partial charge is 0.270 e. The third-order valence-electron chi connectivity index (χ3n) is 1.78. The number of amides is 1. The van der Waals surface area contributed by atoms with Gasteiger partial charge in [-0.3, -0.25) is 25.8 Å². The van der Waals surface area contributed by atoms with E-state index in [1.54, 1.807) is 6.26 Å². The molecule has 0 aliphatic carbocycles. The number of nitro groups is 1. The topological polar surface area (TPSA) is 84.3 Å². The number of hydrogen-bond acceptors (Lipinski definition) is 5. The molecule has 0 aromatic heterocycles. The Balaban J connectivity index is 2.72. The Bertz CT molecular complexity index is 465. The molecule has 1 amide bonds. The van der Waals surface area contributed by atoms with E-state index >= 15 is 0 Å². The van der Waals surface area contributed by atoms with Crippen LogP contribution in [0.15, 0.2) is 24.3 Å². The van der Waals surface area contributed by atoms with E-state index in [9.17, 15) is 14.9 Å². The van der Waals surface area contributed by atoms with Gasteiger partial charge in [0.15, 0.2) is 4.32 Å². The van der Waals surface area contributed by atoms with E-state index in [1.165, 1.54) is 36.0 Å². The SMILES string of the molecule is CSC(=S)NNC(=O)c1cccc([N+](=O)[O-])c1. The fraction of sp³-hybridized carbons (Fsp3) is 0.111. The number of rotatable bonds is 2. The molecule has 17 heavy (non-hydrogen) atoms. The molecule has 1 aromatic rings. The predicted octanol–water partition coefficient (Wildman–Crippen LogP) is 1.48. The van der Waals surface area contributed by atoms with Gasteiger partial charge in [0.05, 0.1) is 4.92 Å². The molecule has 1 rings (SSSR count). The van der Waals surface area contributed by atoms with Crippen LogP contribution in [0, 0.1) is 10.1 Å². The Morgan fingerprint density at radius 2 is 2.18 bits per heavy atom. The van der Waals surface area contributed by atoms with E-state index in [2.05, 4.69) is 10.9 Å². The molecule has 0 saturated heterocycles. The highest BCUT2D eigenvalue weighted by atomic mass is 32.2. The fourth-order valence-corrected chi connectivity index (χ4v) is 1.20. The molecule has 0 aliphatic heterocycles. The van der Waals surface area contributed by atoms with Crippen LogP contribution in [0.4, 0.5) is 5.69 Å². The zero-order valence-electron chi connectivity index (χ0n) is 8.80. The van der Waals surface area contributed by atoms with E-state index in [1.807, 2.05) is 0 Å². The summed E-state index contributed by atoms with van der Waals surface area (Å²) in [5, 5.41) is 10.5. The van der Waals surface area contributed by atoms with Crippen molar-refractivity contribution in [2.45, 2.75) is 0 Å². The number of thiocarbonyl (C=S) groups is 1. The van der Waals surface area contributed by atoms with Crippen LogP contribution in [-0.2, 0) is 0 Å². The van der Waals surface area contributed by atoms with Crippen LogP contribution in [0.2, 0.25) is 0 Å². The average molecular weight is 271 g/mol. The highest BCUT2D eigenvalue weighted by Crippen LogP contribution is 2.12. The number of nitrogens with one attached hydrogen (secondary N) is 2. The van der Waals surface area contributed by atoms with E-state index in [0.717, 1.165) is 0 Å². The van der Waals surface area contributed by atoms with Crippen LogP contribution in [-0.4, -0.2) is 21.4 Å². The van der Waals surface area contributed by atoms with Crippen LogP contribution in [0.25, 0.3) is 0 Å². The molecular weight excluding hydrogens is 262 g/mol. The van der Waals surface area contributed by atoms with Gasteiger partial charge in [0.25, 0.3) is 11.6 Å². The summed E-state index contributed by atoms with van der Waals surface area (Å²) in [5.41, 5.74) is 4.90. The van der Waals surface area contributed by atoms with Crippen molar-refractivity contribution in [1.82, 2.24) is 10.9 Å². The fourth-order valence-electron chi connectivity index (χ4n) is 0.992. The summed E-state index contributed by atoms with van der Waals surface area (Å²) in [4.78, 5) is 21.5. The quantitative estimate of drug-likeness (QED) is 0.481. The van der Waals surface area contributed by atoms with E-state index in [0.29, 0.717) is 4.32 Å². The minimum Gasteiger partial charge on any atom is -0.283 e. The molecule has 0 radical (unpaired) electrons. The lowest BCUT2D eigenvalue weighted by Gasteiger charge is -2.07. The van der Waals surface area contributed by atoms with E-state index in [4.69, 9.17) is 12.2 Å². The molecule has 0 atom stereocenters. The first-order valence-corrected chi connectivity index (χ1v) is 6.06. The van der Waals surface area contributed by atoms with Crippen LogP contribution in [0.1, 0.15) is 10.4 Å². The molecule has 0 unspecified atom stereocenters. The first-order chi connectivity index (χ1) is 8.04. The van der Waals surface area contributed by atoms with Crippen LogP contribution in [0.3, 0.4) is 0 Å². The number of non-ortho nitro benzene ring substituents is 1. The summed E-state index contributed by atoms with van der Waals surface area (Å²) in [6, 6.07) is 5.43. The second-order valence-electron chi connectivity index (χ2n) is 2.88. The average Bonchev–Trinajstić information content (AvgIpc) is 2.35. The molecule has 90 valence electrons. The van der Waals surface area contributed by atoms with Crippen molar-refractivity contribution >= 4 is 39.9 Å². The molecule has 8 heteroatoms. The number of nitro benzene ring substituents is 1. The van der Waals surface area contributed by atoms with Crippen molar-refractivity contribution < 1.29 is 9.72 Å². The molecule has 0 heterocycles. The second-order valence-corrected chi connectivity index (χ2v) is 4.36. The minimum atomic E-state index is -0.559. The zero-order valence-corrected chi connectivity index (χ0v) is 10.4. The summed E-state index contributed by atoms with van der Waals surface area (Å²) in [6.45, 7) is 0. The van der Waals surface area contributed by atoms with Gasteiger partial charge < -0.3 is 0 Å². The number of thioether (sulfide) groups is 1. The summed E-state index contributed by atoms with van der Waals surface area (Å²) < 4.78 is 0.406. The lowest BCUT2D eigenvalue weighted by molar-refractivity contribution is -0.384. The Morgan fingerprint density at radius 1 is 1.47 bits per heavy atom. The molecule has 0 aliphatic rings. The first kappa shape index (κ1) is 13.4. The standard InChI is InChI=1S/C9H9N3O3S2/c1-17-9(16)11-10-8(13)6-3-2-4-7(5-6)12(14)15/h2-5H,1H3,(H,10,13)(H,11,16). The van der Waals surface area contributed by atoms with Gasteiger partial charge in [-0.2, -0.15) is 0 Å². The minimum absolute atomic E-state index is 0.134. The molecule has 1 aromatic carbocycles. The number of carbonyl (C=O) groups excluding carboxylic acids is 1. The van der Waals surface area contributed by atoms with Gasteiger partial charge >= 0.3 is 0 Å². The Morgan fingerprint density at radius 3 is 2.76 bits per heavy atom. The number of hydrazine groups is 1. The third kappa shape index (κ3) is 4.00. The number of benzene rings is 1. The van der Waals surface area contributed by atoms with E-state index in [-0.39, 0.29) is 11.3 Å². The summed E-state index contributed by atoms with van der Waals surface area (Å²) in [7, 11) is 0. The summed E-state index contributed by atoms with van der Waals surface area (Å²) in [6.07, 6.45) is 1.76. The molecular formula is C9H9N3O3S2. The Kier molecular flexibility index (Phi) is 4.85. The predicted molar refractivity (Wildman–Crippen MR) is 69.8 cm³/mol. The maximum absolute atomic E-state index is 11.6. The number of nitrogens with zero attached hydrogens (tertiary/aromatic N) is 1. The van der Waals surface area contributed by atoms with Gasteiger partial charge in [-0.25, -0.2) is 0 Å². The largest absolute Gasteiger partial charge is 0.283 e. The number of carbonyl (C=O) groups is 1. The van der Waals surface area contributed by atoms with Crippen molar-refractivity contribution in [2.24, 2.45) is 0 Å². The molecule has 0 bridgehead atoms. The van der Waals surface area contributed by atoms with Crippen LogP contribution < -0.4 is 10.9 Å². The van der Waals surface area contributed by atoms with E-state index < -0.39 is 10.8 Å². The monoisotopic (exact) mass is 271 g/mol. The van der Waals surface area contributed by atoms with Gasteiger partial charge in [-0.15, -0.1) is 0 Å². The highest BCUT2D eigenvalue weighted by molar-refractivity contribution is 8.22. The Hall–Kier alpha value is -1.67.